The van der Waals surface area contributed by atoms with Crippen molar-refractivity contribution in [3.05, 3.63) is 62.3 Å². The summed E-state index contributed by atoms with van der Waals surface area (Å²) in [4.78, 5) is 40.9. The topological polar surface area (TPSA) is 101 Å². The standard InChI is InChI=1S/C23H20F3N3O5/c24-9-5-13(25)12(14(26)6-9)8-27-21(32)17-15-3-4-16-23-28(10-1-2-11(7-10)34-23)22(33)18(29(15)16)20(31)19(17)30/h5-6,10-11,16,23,31H,1-4,7-8H2,(H,27,32). The molecule has 2 aromatic rings. The van der Waals surface area contributed by atoms with Gasteiger partial charge < -0.3 is 24.6 Å². The molecular formula is C23H20F3N3O5. The van der Waals surface area contributed by atoms with Gasteiger partial charge in [-0.3, -0.25) is 14.4 Å². The van der Waals surface area contributed by atoms with Gasteiger partial charge in [0.1, 0.15) is 23.0 Å². The molecule has 1 aromatic carbocycles. The number of benzene rings is 1. The van der Waals surface area contributed by atoms with Crippen LogP contribution in [-0.2, 0) is 17.7 Å². The maximum absolute atomic E-state index is 14.0. The summed E-state index contributed by atoms with van der Waals surface area (Å²) in [6, 6.07) is 0.592. The molecule has 11 heteroatoms. The Morgan fingerprint density at radius 3 is 2.62 bits per heavy atom. The van der Waals surface area contributed by atoms with E-state index in [1.807, 2.05) is 0 Å². The van der Waals surface area contributed by atoms with E-state index in [1.165, 1.54) is 4.57 Å². The van der Waals surface area contributed by atoms with Crippen molar-refractivity contribution in [3.63, 3.8) is 0 Å². The summed E-state index contributed by atoms with van der Waals surface area (Å²) in [6.07, 6.45) is 2.59. The molecule has 8 nitrogen and oxygen atoms in total. The number of aromatic hydroxyl groups is 1. The first kappa shape index (κ1) is 21.2. The lowest BCUT2D eigenvalue weighted by atomic mass is 10.0. The van der Waals surface area contributed by atoms with E-state index in [4.69, 9.17) is 4.74 Å². The number of aromatic nitrogens is 1. The second-order valence-corrected chi connectivity index (χ2v) is 9.18. The number of hydrogen-bond acceptors (Lipinski definition) is 5. The molecule has 2 fully saturated rings. The zero-order chi connectivity index (χ0) is 23.9. The molecule has 178 valence electrons. The van der Waals surface area contributed by atoms with E-state index in [0.29, 0.717) is 25.0 Å². The molecule has 1 aliphatic carbocycles. The molecule has 4 aliphatic rings. The van der Waals surface area contributed by atoms with Crippen LogP contribution in [0.25, 0.3) is 0 Å². The Kier molecular flexibility index (Phi) is 4.57. The minimum atomic E-state index is -1.18. The number of carbonyl (C=O) groups excluding carboxylic acids is 2. The molecule has 1 aromatic heterocycles. The van der Waals surface area contributed by atoms with Crippen molar-refractivity contribution < 1.29 is 32.6 Å². The fourth-order valence-corrected chi connectivity index (χ4v) is 5.90. The van der Waals surface area contributed by atoms with E-state index < -0.39 is 58.8 Å². The van der Waals surface area contributed by atoms with Gasteiger partial charge in [0, 0.05) is 36.0 Å². The zero-order valence-electron chi connectivity index (χ0n) is 17.8. The van der Waals surface area contributed by atoms with Crippen molar-refractivity contribution in [2.45, 2.75) is 63.1 Å². The third-order valence-corrected chi connectivity index (χ3v) is 7.38. The van der Waals surface area contributed by atoms with Crippen LogP contribution < -0.4 is 10.7 Å². The highest BCUT2D eigenvalue weighted by molar-refractivity contribution is 6.00. The van der Waals surface area contributed by atoms with Crippen LogP contribution in [0, 0.1) is 17.5 Å². The molecule has 0 spiro atoms. The number of pyridine rings is 1. The zero-order valence-corrected chi connectivity index (χ0v) is 17.8. The van der Waals surface area contributed by atoms with Gasteiger partial charge in [0.25, 0.3) is 11.8 Å². The van der Waals surface area contributed by atoms with Crippen molar-refractivity contribution in [2.24, 2.45) is 0 Å². The van der Waals surface area contributed by atoms with Gasteiger partial charge >= 0.3 is 0 Å². The number of carbonyl (C=O) groups is 2. The first-order chi connectivity index (χ1) is 16.3. The number of nitrogens with zero attached hydrogens (tertiary/aromatic N) is 2. The maximum Gasteiger partial charge on any atom is 0.276 e. The number of ether oxygens (including phenoxy) is 1. The average molecular weight is 475 g/mol. The first-order valence-corrected chi connectivity index (χ1v) is 11.2. The molecule has 1 saturated heterocycles. The summed E-state index contributed by atoms with van der Waals surface area (Å²) >= 11 is 0. The van der Waals surface area contributed by atoms with Crippen LogP contribution in [0.1, 0.15) is 63.8 Å². The lowest BCUT2D eigenvalue weighted by Gasteiger charge is -2.47. The molecule has 2 amide bonds. The highest BCUT2D eigenvalue weighted by Crippen LogP contribution is 2.47. The van der Waals surface area contributed by atoms with Crippen LogP contribution in [0.4, 0.5) is 13.2 Å². The summed E-state index contributed by atoms with van der Waals surface area (Å²) in [6.45, 7) is -0.636. The smallest absolute Gasteiger partial charge is 0.276 e. The number of halogens is 3. The minimum Gasteiger partial charge on any atom is -0.503 e. The predicted octanol–water partition coefficient (Wildman–Crippen LogP) is 2.12. The maximum atomic E-state index is 14.0. The van der Waals surface area contributed by atoms with Crippen molar-refractivity contribution >= 4 is 11.8 Å². The fraction of sp³-hybridized carbons (Fsp3) is 0.435. The van der Waals surface area contributed by atoms with Gasteiger partial charge in [0.05, 0.1) is 12.1 Å². The second-order valence-electron chi connectivity index (χ2n) is 9.18. The van der Waals surface area contributed by atoms with Gasteiger partial charge in [-0.1, -0.05) is 0 Å². The highest BCUT2D eigenvalue weighted by Gasteiger charge is 2.53. The molecule has 4 atom stereocenters. The molecule has 2 N–H and O–H groups in total. The van der Waals surface area contributed by atoms with Crippen molar-refractivity contribution in [1.29, 1.82) is 0 Å². The van der Waals surface area contributed by atoms with Gasteiger partial charge in [-0.2, -0.15) is 0 Å². The Morgan fingerprint density at radius 2 is 1.88 bits per heavy atom. The summed E-state index contributed by atoms with van der Waals surface area (Å²) in [5.74, 6) is -5.74. The molecular weight excluding hydrogens is 455 g/mol. The van der Waals surface area contributed by atoms with Crippen molar-refractivity contribution in [1.82, 2.24) is 14.8 Å². The molecule has 0 radical (unpaired) electrons. The number of hydrogen-bond donors (Lipinski definition) is 2. The van der Waals surface area contributed by atoms with E-state index in [2.05, 4.69) is 5.32 Å². The summed E-state index contributed by atoms with van der Waals surface area (Å²) in [5, 5.41) is 13.0. The van der Waals surface area contributed by atoms with Crippen LogP contribution in [0.15, 0.2) is 16.9 Å². The van der Waals surface area contributed by atoms with E-state index in [-0.39, 0.29) is 41.6 Å². The highest BCUT2D eigenvalue weighted by atomic mass is 19.1. The first-order valence-electron chi connectivity index (χ1n) is 11.2. The van der Waals surface area contributed by atoms with E-state index >= 15 is 0 Å². The lowest BCUT2D eigenvalue weighted by molar-refractivity contribution is -0.147. The average Bonchev–Trinajstić information content (AvgIpc) is 3.37. The largest absolute Gasteiger partial charge is 0.503 e. The monoisotopic (exact) mass is 475 g/mol. The van der Waals surface area contributed by atoms with Crippen LogP contribution in [0.5, 0.6) is 5.75 Å². The quantitative estimate of drug-likeness (QED) is 0.709. The van der Waals surface area contributed by atoms with Gasteiger partial charge in [-0.25, -0.2) is 13.2 Å². The van der Waals surface area contributed by atoms with Gasteiger partial charge in [-0.05, 0) is 32.1 Å². The number of amides is 2. The molecule has 1 saturated carbocycles. The Morgan fingerprint density at radius 1 is 1.15 bits per heavy atom. The Bertz CT molecular complexity index is 1300. The molecule has 2 bridgehead atoms. The number of fused-ring (bicyclic) bond motifs is 5. The van der Waals surface area contributed by atoms with E-state index in [0.717, 1.165) is 12.8 Å². The summed E-state index contributed by atoms with van der Waals surface area (Å²) < 4.78 is 48.8. The fourth-order valence-electron chi connectivity index (χ4n) is 5.90. The Hall–Kier alpha value is -3.34. The van der Waals surface area contributed by atoms with E-state index in [9.17, 15) is 32.7 Å². The van der Waals surface area contributed by atoms with Crippen molar-refractivity contribution in [2.75, 3.05) is 0 Å². The Labute approximate surface area is 190 Å². The molecule has 6 rings (SSSR count). The Balaban J connectivity index is 1.39. The van der Waals surface area contributed by atoms with Gasteiger partial charge in [0.2, 0.25) is 5.43 Å². The molecule has 4 unspecified atom stereocenters. The summed E-state index contributed by atoms with van der Waals surface area (Å²) in [7, 11) is 0. The van der Waals surface area contributed by atoms with Gasteiger partial charge in [-0.15, -0.1) is 0 Å². The minimum absolute atomic E-state index is 0.0213. The molecule has 3 aliphatic heterocycles. The van der Waals surface area contributed by atoms with E-state index in [1.54, 1.807) is 4.90 Å². The van der Waals surface area contributed by atoms with Gasteiger partial charge in [0.15, 0.2) is 17.7 Å². The third kappa shape index (κ3) is 2.85. The molecule has 34 heavy (non-hydrogen) atoms. The second kappa shape index (κ2) is 7.33. The van der Waals surface area contributed by atoms with Crippen LogP contribution in [-0.4, -0.2) is 44.8 Å². The predicted molar refractivity (Wildman–Crippen MR) is 110 cm³/mol. The summed E-state index contributed by atoms with van der Waals surface area (Å²) in [5.41, 5.74) is -1.85. The lowest BCUT2D eigenvalue weighted by Crippen LogP contribution is -2.58. The van der Waals surface area contributed by atoms with Crippen LogP contribution in [0.2, 0.25) is 0 Å². The third-order valence-electron chi connectivity index (χ3n) is 7.38. The number of nitrogens with one attached hydrogen (secondary N) is 1. The normalized spacial score (nSPS) is 26.4. The SMILES string of the molecule is O=C(NCc1c(F)cc(F)cc1F)c1c2n3c(c(O)c1=O)C(=O)N1C4CCC(C4)OC1C3CC2. The number of rotatable bonds is 3. The van der Waals surface area contributed by atoms with Crippen LogP contribution in [0.3, 0.4) is 0 Å². The molecule has 4 heterocycles. The van der Waals surface area contributed by atoms with Crippen LogP contribution >= 0.6 is 0 Å². The van der Waals surface area contributed by atoms with Crippen molar-refractivity contribution in [3.8, 4) is 5.75 Å².